The first-order chi connectivity index (χ1) is 12.1. The summed E-state index contributed by atoms with van der Waals surface area (Å²) in [7, 11) is -1.73. The Balaban J connectivity index is 0.00000131. The Bertz CT molecular complexity index is 855. The van der Waals surface area contributed by atoms with E-state index in [0.29, 0.717) is 0 Å². The molecule has 1 heterocycles. The molecule has 1 aliphatic heterocycles. The van der Waals surface area contributed by atoms with Crippen LogP contribution in [-0.2, 0) is 6.54 Å². The summed E-state index contributed by atoms with van der Waals surface area (Å²) >= 11 is 0. The zero-order valence-corrected chi connectivity index (χ0v) is 18.3. The molecule has 0 atom stereocenters. The largest absolute Gasteiger partial charge is 1.00 e. The molecule has 0 aromatic heterocycles. The Morgan fingerprint density at radius 2 is 1.59 bits per heavy atom. The van der Waals surface area contributed by atoms with Gasteiger partial charge in [-0.15, -0.1) is 40.2 Å². The van der Waals surface area contributed by atoms with Gasteiger partial charge in [0.25, 0.3) is 0 Å². The van der Waals surface area contributed by atoms with Crippen LogP contribution in [0.5, 0.6) is 0 Å². The van der Waals surface area contributed by atoms with Crippen LogP contribution in [0.4, 0.5) is 5.69 Å². The summed E-state index contributed by atoms with van der Waals surface area (Å²) in [6.45, 7) is 8.22. The second-order valence-corrected chi connectivity index (χ2v) is 11.8. The van der Waals surface area contributed by atoms with Gasteiger partial charge in [0.1, 0.15) is 8.24 Å². The normalized spacial score (nSPS) is 14.1. The van der Waals surface area contributed by atoms with E-state index < -0.39 is 8.24 Å². The number of hydrogen-bond donors (Lipinski definition) is 1. The fourth-order valence-corrected chi connectivity index (χ4v) is 6.21. The molecule has 0 saturated carbocycles. The summed E-state index contributed by atoms with van der Waals surface area (Å²) in [4.78, 5) is 6.48. The SMILES string of the molecule is C[Si](C)(NCc1ccccc1)[c-]1cc(N2CCCC2)c2ccccc21.[Li+].[Li]. The number of benzene rings is 2. The third-order valence-electron chi connectivity index (χ3n) is 5.47. The quantitative estimate of drug-likeness (QED) is 0.539. The standard InChI is InChI=1S/C22H27N2Si.2Li/c1-25(2,23-17-18-10-4-3-5-11-18)22-16-21(24-14-8-9-15-24)19-12-6-7-13-20(19)22;;/h3-7,10-13,16,23H,8-9,14-15,17H2,1-2H3;;/q-1;;+1. The molecule has 1 aliphatic rings. The molecule has 1 saturated heterocycles. The molecule has 1 N–H and O–H groups in total. The zero-order valence-electron chi connectivity index (χ0n) is 17.3. The smallest absolute Gasteiger partial charge is 0.417 e. The van der Waals surface area contributed by atoms with Gasteiger partial charge in [-0.05, 0) is 18.4 Å². The molecule has 2 nitrogen and oxygen atoms in total. The first-order valence-electron chi connectivity index (χ1n) is 9.38. The molecule has 0 spiro atoms. The van der Waals surface area contributed by atoms with Crippen LogP contribution in [-0.4, -0.2) is 40.2 Å². The van der Waals surface area contributed by atoms with E-state index in [-0.39, 0.29) is 37.7 Å². The summed E-state index contributed by atoms with van der Waals surface area (Å²) in [5.74, 6) is 0. The first-order valence-corrected chi connectivity index (χ1v) is 12.4. The predicted molar refractivity (Wildman–Crippen MR) is 117 cm³/mol. The molecule has 0 aliphatic carbocycles. The third-order valence-corrected chi connectivity index (χ3v) is 8.29. The van der Waals surface area contributed by atoms with Gasteiger partial charge in [-0.25, -0.2) is 0 Å². The predicted octanol–water partition coefficient (Wildman–Crippen LogP) is 0.984. The van der Waals surface area contributed by atoms with Crippen LogP contribution in [0.25, 0.3) is 10.8 Å². The van der Waals surface area contributed by atoms with Gasteiger partial charge < -0.3 is 9.88 Å². The number of anilines is 1. The maximum Gasteiger partial charge on any atom is 1.00 e. The summed E-state index contributed by atoms with van der Waals surface area (Å²) in [6.07, 6.45) is 2.64. The summed E-state index contributed by atoms with van der Waals surface area (Å²) in [6, 6.07) is 22.2. The summed E-state index contributed by atoms with van der Waals surface area (Å²) in [5.41, 5.74) is 2.81. The maximum absolute atomic E-state index is 3.91. The van der Waals surface area contributed by atoms with Crippen molar-refractivity contribution in [2.75, 3.05) is 18.0 Å². The summed E-state index contributed by atoms with van der Waals surface area (Å²) < 4.78 is 0. The van der Waals surface area contributed by atoms with Gasteiger partial charge >= 0.3 is 18.9 Å². The van der Waals surface area contributed by atoms with Gasteiger partial charge in [0.05, 0.1) is 0 Å². The van der Waals surface area contributed by atoms with E-state index in [4.69, 9.17) is 0 Å². The minimum atomic E-state index is -1.73. The fourth-order valence-electron chi connectivity index (χ4n) is 3.98. The van der Waals surface area contributed by atoms with Crippen LogP contribution in [0.1, 0.15) is 18.4 Å². The number of hydrogen-bond acceptors (Lipinski definition) is 2. The summed E-state index contributed by atoms with van der Waals surface area (Å²) in [5, 5.41) is 4.42. The van der Waals surface area contributed by atoms with Crippen molar-refractivity contribution >= 4 is 48.7 Å². The van der Waals surface area contributed by atoms with Crippen molar-refractivity contribution in [1.82, 2.24) is 4.98 Å². The topological polar surface area (TPSA) is 15.3 Å². The molecule has 0 bridgehead atoms. The van der Waals surface area contributed by atoms with Crippen molar-refractivity contribution in [3.8, 4) is 0 Å². The van der Waals surface area contributed by atoms with E-state index in [1.54, 1.807) is 5.19 Å². The number of rotatable bonds is 5. The van der Waals surface area contributed by atoms with Crippen molar-refractivity contribution in [3.63, 3.8) is 0 Å². The van der Waals surface area contributed by atoms with E-state index >= 15 is 0 Å². The molecule has 27 heavy (non-hydrogen) atoms. The molecule has 0 unspecified atom stereocenters. The Morgan fingerprint density at radius 1 is 0.963 bits per heavy atom. The minimum Gasteiger partial charge on any atom is -0.417 e. The zero-order chi connectivity index (χ0) is 17.3. The molecule has 0 amide bonds. The Labute approximate surface area is 188 Å². The molecule has 3 aromatic carbocycles. The van der Waals surface area contributed by atoms with E-state index in [2.05, 4.69) is 83.6 Å². The monoisotopic (exact) mass is 361 g/mol. The van der Waals surface area contributed by atoms with E-state index in [1.807, 2.05) is 0 Å². The minimum absolute atomic E-state index is 0. The van der Waals surface area contributed by atoms with Crippen LogP contribution < -0.4 is 33.9 Å². The van der Waals surface area contributed by atoms with Crippen molar-refractivity contribution in [2.45, 2.75) is 32.5 Å². The van der Waals surface area contributed by atoms with Crippen LogP contribution in [0.3, 0.4) is 0 Å². The molecule has 5 heteroatoms. The van der Waals surface area contributed by atoms with Crippen molar-refractivity contribution in [2.24, 2.45) is 0 Å². The van der Waals surface area contributed by atoms with Crippen LogP contribution in [0.15, 0.2) is 60.7 Å². The van der Waals surface area contributed by atoms with Gasteiger partial charge in [-0.3, -0.25) is 0 Å². The molecular weight excluding hydrogens is 334 g/mol. The van der Waals surface area contributed by atoms with Gasteiger partial charge in [-0.1, -0.05) is 55.2 Å². The van der Waals surface area contributed by atoms with Gasteiger partial charge in [0.2, 0.25) is 0 Å². The van der Waals surface area contributed by atoms with Crippen molar-refractivity contribution in [3.05, 3.63) is 66.2 Å². The van der Waals surface area contributed by atoms with Crippen LogP contribution in [0.2, 0.25) is 13.1 Å². The Morgan fingerprint density at radius 3 is 2.30 bits per heavy atom. The van der Waals surface area contributed by atoms with Crippen LogP contribution in [0, 0.1) is 0 Å². The molecule has 4 rings (SSSR count). The molecule has 1 fully saturated rings. The number of fused-ring (bicyclic) bond motifs is 1. The third kappa shape index (κ3) is 4.80. The van der Waals surface area contributed by atoms with E-state index in [1.165, 1.54) is 48.0 Å². The Kier molecular flexibility index (Phi) is 8.02. The first kappa shape index (κ1) is 22.5. The van der Waals surface area contributed by atoms with Crippen LogP contribution >= 0.6 is 0 Å². The average molecular weight is 361 g/mol. The van der Waals surface area contributed by atoms with Gasteiger partial charge in [0.15, 0.2) is 0 Å². The maximum atomic E-state index is 3.91. The van der Waals surface area contributed by atoms with E-state index in [9.17, 15) is 0 Å². The molecule has 3 aromatic rings. The van der Waals surface area contributed by atoms with Crippen molar-refractivity contribution < 1.29 is 18.9 Å². The molecule has 131 valence electrons. The number of nitrogens with zero attached hydrogens (tertiary/aromatic N) is 1. The second kappa shape index (κ2) is 9.62. The second-order valence-electron chi connectivity index (χ2n) is 7.65. The van der Waals surface area contributed by atoms with Crippen molar-refractivity contribution in [1.29, 1.82) is 0 Å². The average Bonchev–Trinajstić information content (AvgIpc) is 3.28. The van der Waals surface area contributed by atoms with Gasteiger partial charge in [-0.2, -0.15) is 0 Å². The molecule has 1 radical (unpaired) electrons. The van der Waals surface area contributed by atoms with E-state index in [0.717, 1.165) is 6.54 Å². The van der Waals surface area contributed by atoms with Gasteiger partial charge in [0, 0.05) is 38.5 Å². The Hall–Kier alpha value is -0.778. The number of nitrogens with one attached hydrogen (secondary N) is 1. The fraction of sp³-hybridized carbons (Fsp3) is 0.318. The molecular formula is C22H27Li2N2Si.